The van der Waals surface area contributed by atoms with Crippen molar-refractivity contribution in [3.8, 4) is 0 Å². The van der Waals surface area contributed by atoms with Gasteiger partial charge < -0.3 is 10.2 Å². The Labute approximate surface area is 89.9 Å². The average Bonchev–Trinajstić information content (AvgIpc) is 2.79. The fraction of sp³-hybridized carbons (Fsp3) is 0.636. The van der Waals surface area contributed by atoms with Crippen molar-refractivity contribution in [1.82, 2.24) is 4.90 Å². The lowest BCUT2D eigenvalue weighted by molar-refractivity contribution is 0.337. The fourth-order valence-corrected chi connectivity index (χ4v) is 2.65. The molecule has 3 heteroatoms. The van der Waals surface area contributed by atoms with Crippen molar-refractivity contribution in [2.75, 3.05) is 25.0 Å². The van der Waals surface area contributed by atoms with Gasteiger partial charge in [0.15, 0.2) is 0 Å². The standard InChI is InChI=1S/C11H18N2S/c1-2-5-13-6-3-10(8-13)12-11-4-7-14-9-11/h4,7,9-10,12H,2-3,5-6,8H2,1H3. The zero-order valence-corrected chi connectivity index (χ0v) is 9.52. The smallest absolute Gasteiger partial charge is 0.0451 e. The first-order valence-corrected chi connectivity index (χ1v) is 6.34. The molecule has 78 valence electrons. The number of thiophene rings is 1. The number of hydrogen-bond donors (Lipinski definition) is 1. The molecule has 1 N–H and O–H groups in total. The predicted octanol–water partition coefficient (Wildman–Crippen LogP) is 2.64. The Morgan fingerprint density at radius 3 is 3.29 bits per heavy atom. The first-order valence-electron chi connectivity index (χ1n) is 5.39. The van der Waals surface area contributed by atoms with Crippen LogP contribution in [0.1, 0.15) is 19.8 Å². The Morgan fingerprint density at radius 1 is 1.64 bits per heavy atom. The highest BCUT2D eigenvalue weighted by atomic mass is 32.1. The van der Waals surface area contributed by atoms with Gasteiger partial charge in [-0.3, -0.25) is 0 Å². The second-order valence-electron chi connectivity index (χ2n) is 3.94. The molecular formula is C11H18N2S. The molecule has 0 aromatic carbocycles. The minimum atomic E-state index is 0.663. The van der Waals surface area contributed by atoms with Crippen LogP contribution >= 0.6 is 11.3 Å². The summed E-state index contributed by atoms with van der Waals surface area (Å²) in [4.78, 5) is 2.55. The van der Waals surface area contributed by atoms with E-state index >= 15 is 0 Å². The summed E-state index contributed by atoms with van der Waals surface area (Å²) in [5.74, 6) is 0. The maximum absolute atomic E-state index is 3.58. The third-order valence-corrected chi connectivity index (χ3v) is 3.39. The number of hydrogen-bond acceptors (Lipinski definition) is 3. The van der Waals surface area contributed by atoms with Crippen molar-refractivity contribution >= 4 is 17.0 Å². The van der Waals surface area contributed by atoms with Crippen molar-refractivity contribution < 1.29 is 0 Å². The van der Waals surface area contributed by atoms with Crippen molar-refractivity contribution in [2.24, 2.45) is 0 Å². The van der Waals surface area contributed by atoms with Gasteiger partial charge in [0.1, 0.15) is 0 Å². The predicted molar refractivity (Wildman–Crippen MR) is 63.1 cm³/mol. The summed E-state index contributed by atoms with van der Waals surface area (Å²) in [5, 5.41) is 7.89. The Balaban J connectivity index is 1.79. The number of nitrogens with zero attached hydrogens (tertiary/aromatic N) is 1. The molecule has 1 aromatic heterocycles. The van der Waals surface area contributed by atoms with Gasteiger partial charge in [0, 0.05) is 30.2 Å². The lowest BCUT2D eigenvalue weighted by Gasteiger charge is -2.15. The van der Waals surface area contributed by atoms with Crippen LogP contribution in [0, 0.1) is 0 Å². The Bertz CT molecular complexity index is 258. The van der Waals surface area contributed by atoms with Gasteiger partial charge in [-0.15, -0.1) is 0 Å². The van der Waals surface area contributed by atoms with Crippen LogP contribution in [-0.2, 0) is 0 Å². The van der Waals surface area contributed by atoms with Crippen molar-refractivity contribution in [3.63, 3.8) is 0 Å². The van der Waals surface area contributed by atoms with Crippen LogP contribution in [0.3, 0.4) is 0 Å². The van der Waals surface area contributed by atoms with Gasteiger partial charge in [-0.05, 0) is 30.8 Å². The maximum Gasteiger partial charge on any atom is 0.0451 e. The molecule has 1 aliphatic heterocycles. The third kappa shape index (κ3) is 2.49. The fourth-order valence-electron chi connectivity index (χ4n) is 2.05. The number of rotatable bonds is 4. The second kappa shape index (κ2) is 4.80. The van der Waals surface area contributed by atoms with E-state index in [2.05, 4.69) is 34.0 Å². The summed E-state index contributed by atoms with van der Waals surface area (Å²) in [5.41, 5.74) is 1.29. The van der Waals surface area contributed by atoms with Crippen molar-refractivity contribution in [3.05, 3.63) is 16.8 Å². The lowest BCUT2D eigenvalue weighted by Crippen LogP contribution is -2.26. The highest BCUT2D eigenvalue weighted by Crippen LogP contribution is 2.18. The molecule has 1 atom stereocenters. The zero-order valence-electron chi connectivity index (χ0n) is 8.70. The molecule has 1 saturated heterocycles. The van der Waals surface area contributed by atoms with E-state index in [1.165, 1.54) is 38.2 Å². The molecule has 0 aliphatic carbocycles. The topological polar surface area (TPSA) is 15.3 Å². The van der Waals surface area contributed by atoms with E-state index < -0.39 is 0 Å². The van der Waals surface area contributed by atoms with Crippen LogP contribution in [0.2, 0.25) is 0 Å². The molecule has 2 heterocycles. The van der Waals surface area contributed by atoms with E-state index in [0.29, 0.717) is 6.04 Å². The second-order valence-corrected chi connectivity index (χ2v) is 4.72. The van der Waals surface area contributed by atoms with E-state index in [0.717, 1.165) is 0 Å². The molecule has 1 fully saturated rings. The summed E-state index contributed by atoms with van der Waals surface area (Å²) >= 11 is 1.76. The van der Waals surface area contributed by atoms with Crippen LogP contribution in [0.25, 0.3) is 0 Å². The summed E-state index contributed by atoms with van der Waals surface area (Å²) in [6, 6.07) is 2.82. The summed E-state index contributed by atoms with van der Waals surface area (Å²) in [6.07, 6.45) is 2.56. The van der Waals surface area contributed by atoms with Crippen LogP contribution in [0.4, 0.5) is 5.69 Å². The molecule has 0 amide bonds. The molecule has 1 unspecified atom stereocenters. The Morgan fingerprint density at radius 2 is 2.57 bits per heavy atom. The highest BCUT2D eigenvalue weighted by molar-refractivity contribution is 7.08. The Kier molecular flexibility index (Phi) is 3.43. The molecule has 0 radical (unpaired) electrons. The minimum Gasteiger partial charge on any atom is -0.380 e. The van der Waals surface area contributed by atoms with Crippen LogP contribution < -0.4 is 5.32 Å². The monoisotopic (exact) mass is 210 g/mol. The zero-order chi connectivity index (χ0) is 9.80. The molecular weight excluding hydrogens is 192 g/mol. The van der Waals surface area contributed by atoms with Crippen molar-refractivity contribution in [2.45, 2.75) is 25.8 Å². The Hall–Kier alpha value is -0.540. The van der Waals surface area contributed by atoms with Gasteiger partial charge in [0.2, 0.25) is 0 Å². The first kappa shape index (κ1) is 9.99. The maximum atomic E-state index is 3.58. The van der Waals surface area contributed by atoms with Gasteiger partial charge in [-0.2, -0.15) is 11.3 Å². The third-order valence-electron chi connectivity index (χ3n) is 2.70. The SMILES string of the molecule is CCCN1CCC(Nc2ccsc2)C1. The molecule has 1 aromatic rings. The molecule has 0 spiro atoms. The lowest BCUT2D eigenvalue weighted by atomic mass is 10.2. The molecule has 2 nitrogen and oxygen atoms in total. The molecule has 0 saturated carbocycles. The molecule has 14 heavy (non-hydrogen) atoms. The normalized spacial score (nSPS) is 22.8. The first-order chi connectivity index (χ1) is 6.88. The van der Waals surface area contributed by atoms with E-state index in [9.17, 15) is 0 Å². The summed E-state index contributed by atoms with van der Waals surface area (Å²) in [7, 11) is 0. The quantitative estimate of drug-likeness (QED) is 0.822. The van der Waals surface area contributed by atoms with Gasteiger partial charge in [0.05, 0.1) is 0 Å². The van der Waals surface area contributed by atoms with Crippen LogP contribution in [0.5, 0.6) is 0 Å². The molecule has 1 aliphatic rings. The van der Waals surface area contributed by atoms with E-state index in [4.69, 9.17) is 0 Å². The average molecular weight is 210 g/mol. The van der Waals surface area contributed by atoms with Gasteiger partial charge in [0.25, 0.3) is 0 Å². The van der Waals surface area contributed by atoms with E-state index in [1.54, 1.807) is 11.3 Å². The number of nitrogens with one attached hydrogen (secondary N) is 1. The number of likely N-dealkylation sites (tertiary alicyclic amines) is 1. The van der Waals surface area contributed by atoms with E-state index in [-0.39, 0.29) is 0 Å². The van der Waals surface area contributed by atoms with Gasteiger partial charge >= 0.3 is 0 Å². The summed E-state index contributed by atoms with van der Waals surface area (Å²) < 4.78 is 0. The van der Waals surface area contributed by atoms with Crippen LogP contribution in [-0.4, -0.2) is 30.6 Å². The molecule has 2 rings (SSSR count). The van der Waals surface area contributed by atoms with Crippen molar-refractivity contribution in [1.29, 1.82) is 0 Å². The highest BCUT2D eigenvalue weighted by Gasteiger charge is 2.21. The van der Waals surface area contributed by atoms with Gasteiger partial charge in [-0.1, -0.05) is 6.92 Å². The minimum absolute atomic E-state index is 0.663. The summed E-state index contributed by atoms with van der Waals surface area (Å²) in [6.45, 7) is 5.97. The molecule has 0 bridgehead atoms. The van der Waals surface area contributed by atoms with Gasteiger partial charge in [-0.25, -0.2) is 0 Å². The van der Waals surface area contributed by atoms with Crippen LogP contribution in [0.15, 0.2) is 16.8 Å². The van der Waals surface area contributed by atoms with E-state index in [1.807, 2.05) is 0 Å². The number of anilines is 1. The largest absolute Gasteiger partial charge is 0.380 e.